The molecular weight excluding hydrogens is 199 g/mol. The molecule has 4 nitrogen and oxygen atoms in total. The number of hydrogen-bond donors (Lipinski definition) is 1. The molecule has 0 aliphatic heterocycles. The molecule has 0 aromatic carbocycles. The lowest BCUT2D eigenvalue weighted by Gasteiger charge is -2.08. The molecule has 1 rings (SSSR count). The second kappa shape index (κ2) is 3.52. The lowest BCUT2D eigenvalue weighted by molar-refractivity contribution is -0.141. The minimum Gasteiger partial charge on any atom is -0.279 e. The van der Waals surface area contributed by atoms with Crippen LogP contribution >= 0.6 is 0 Å². The lowest BCUT2D eigenvalue weighted by Crippen LogP contribution is -2.14. The quantitative estimate of drug-likeness (QED) is 0.432. The standard InChI is InChI=1S/C7H4F3N3O/c8-7(9,10)5-4(6(11)13-14)2-1-3-12-5/h1-3,11H. The van der Waals surface area contributed by atoms with E-state index in [2.05, 4.69) is 10.2 Å². The maximum absolute atomic E-state index is 12.2. The van der Waals surface area contributed by atoms with Gasteiger partial charge in [-0.2, -0.15) is 13.2 Å². The van der Waals surface area contributed by atoms with Gasteiger partial charge >= 0.3 is 6.18 Å². The molecule has 14 heavy (non-hydrogen) atoms. The van der Waals surface area contributed by atoms with E-state index in [9.17, 15) is 18.1 Å². The van der Waals surface area contributed by atoms with Crippen LogP contribution in [0.3, 0.4) is 0 Å². The van der Waals surface area contributed by atoms with E-state index in [1.54, 1.807) is 0 Å². The summed E-state index contributed by atoms with van der Waals surface area (Å²) in [6.07, 6.45) is -3.75. The Hall–Kier alpha value is -1.79. The molecule has 1 aromatic heterocycles. The average Bonchev–Trinajstić information content (AvgIpc) is 2.15. The number of nitrogens with zero attached hydrogens (tertiary/aromatic N) is 2. The van der Waals surface area contributed by atoms with Crippen molar-refractivity contribution in [3.63, 3.8) is 0 Å². The Morgan fingerprint density at radius 2 is 2.14 bits per heavy atom. The molecule has 1 aromatic rings. The maximum atomic E-state index is 12.2. The number of pyridine rings is 1. The molecule has 74 valence electrons. The zero-order chi connectivity index (χ0) is 10.8. The van der Waals surface area contributed by atoms with Crippen LogP contribution in [-0.4, -0.2) is 10.8 Å². The molecule has 0 saturated heterocycles. The van der Waals surface area contributed by atoms with E-state index >= 15 is 0 Å². The summed E-state index contributed by atoms with van der Waals surface area (Å²) in [5.41, 5.74) is -1.89. The van der Waals surface area contributed by atoms with Crippen molar-refractivity contribution in [3.8, 4) is 0 Å². The third-order valence-electron chi connectivity index (χ3n) is 1.42. The van der Waals surface area contributed by atoms with Crippen molar-refractivity contribution in [1.29, 1.82) is 5.41 Å². The molecular formula is C7H4F3N3O. The summed E-state index contributed by atoms with van der Waals surface area (Å²) < 4.78 is 36.7. The summed E-state index contributed by atoms with van der Waals surface area (Å²) in [6.45, 7) is 0. The van der Waals surface area contributed by atoms with Crippen molar-refractivity contribution < 1.29 is 13.2 Å². The van der Waals surface area contributed by atoms with Crippen LogP contribution < -0.4 is 0 Å². The first kappa shape index (κ1) is 10.3. The molecule has 0 unspecified atom stereocenters. The van der Waals surface area contributed by atoms with Gasteiger partial charge in [-0.1, -0.05) is 0 Å². The second-order valence-electron chi connectivity index (χ2n) is 2.34. The highest BCUT2D eigenvalue weighted by Crippen LogP contribution is 2.30. The van der Waals surface area contributed by atoms with Gasteiger partial charge in [-0.15, -0.1) is 4.91 Å². The van der Waals surface area contributed by atoms with E-state index in [-0.39, 0.29) is 0 Å². The van der Waals surface area contributed by atoms with Crippen molar-refractivity contribution >= 4 is 5.84 Å². The summed E-state index contributed by atoms with van der Waals surface area (Å²) in [4.78, 5) is 13.0. The fourth-order valence-electron chi connectivity index (χ4n) is 0.871. The van der Waals surface area contributed by atoms with Crippen LogP contribution in [0.1, 0.15) is 11.3 Å². The Bertz CT molecular complexity index is 375. The third kappa shape index (κ3) is 1.93. The molecule has 0 bridgehead atoms. The van der Waals surface area contributed by atoms with E-state index < -0.39 is 23.3 Å². The van der Waals surface area contributed by atoms with Crippen LogP contribution in [0.2, 0.25) is 0 Å². The van der Waals surface area contributed by atoms with E-state index in [1.165, 1.54) is 6.07 Å². The van der Waals surface area contributed by atoms with Crippen LogP contribution in [0, 0.1) is 10.3 Å². The van der Waals surface area contributed by atoms with E-state index in [1.807, 2.05) is 0 Å². The van der Waals surface area contributed by atoms with Crippen LogP contribution in [0.4, 0.5) is 13.2 Å². The predicted octanol–water partition coefficient (Wildman–Crippen LogP) is 2.19. The smallest absolute Gasteiger partial charge is 0.279 e. The zero-order valence-electron chi connectivity index (χ0n) is 6.67. The Balaban J connectivity index is 3.30. The first-order chi connectivity index (χ1) is 6.46. The van der Waals surface area contributed by atoms with Gasteiger partial charge in [0.2, 0.25) is 0 Å². The fourth-order valence-corrected chi connectivity index (χ4v) is 0.871. The molecule has 0 fully saturated rings. The van der Waals surface area contributed by atoms with Gasteiger partial charge in [0, 0.05) is 6.20 Å². The minimum atomic E-state index is -4.69. The summed E-state index contributed by atoms with van der Waals surface area (Å²) >= 11 is 0. The molecule has 7 heteroatoms. The van der Waals surface area contributed by atoms with Crippen molar-refractivity contribution in [1.82, 2.24) is 4.98 Å². The molecule has 0 aliphatic rings. The molecule has 0 saturated carbocycles. The summed E-state index contributed by atoms with van der Waals surface area (Å²) in [6, 6.07) is 2.17. The average molecular weight is 203 g/mol. The predicted molar refractivity (Wildman–Crippen MR) is 41.9 cm³/mol. The fraction of sp³-hybridized carbons (Fsp3) is 0.143. The number of alkyl halides is 3. The Morgan fingerprint density at radius 3 is 2.64 bits per heavy atom. The zero-order valence-corrected chi connectivity index (χ0v) is 6.67. The van der Waals surface area contributed by atoms with Gasteiger partial charge in [-0.3, -0.25) is 10.4 Å². The number of halogens is 3. The first-order valence-corrected chi connectivity index (χ1v) is 3.41. The minimum absolute atomic E-state index is 0.616. The van der Waals surface area contributed by atoms with Gasteiger partial charge in [0.25, 0.3) is 0 Å². The van der Waals surface area contributed by atoms with Crippen molar-refractivity contribution in [2.45, 2.75) is 6.18 Å². The summed E-state index contributed by atoms with van der Waals surface area (Å²) in [5.74, 6) is -0.981. The highest BCUT2D eigenvalue weighted by molar-refractivity contribution is 5.97. The highest BCUT2D eigenvalue weighted by Gasteiger charge is 2.36. The van der Waals surface area contributed by atoms with Crippen LogP contribution in [0.25, 0.3) is 0 Å². The molecule has 0 atom stereocenters. The lowest BCUT2D eigenvalue weighted by atomic mass is 10.2. The van der Waals surface area contributed by atoms with Gasteiger partial charge in [0.15, 0.2) is 11.5 Å². The largest absolute Gasteiger partial charge is 0.434 e. The van der Waals surface area contributed by atoms with E-state index in [4.69, 9.17) is 5.41 Å². The molecule has 0 radical (unpaired) electrons. The van der Waals surface area contributed by atoms with Crippen LogP contribution in [-0.2, 0) is 6.18 Å². The Morgan fingerprint density at radius 1 is 1.50 bits per heavy atom. The highest BCUT2D eigenvalue weighted by atomic mass is 19.4. The van der Waals surface area contributed by atoms with Crippen molar-refractivity contribution in [2.75, 3.05) is 0 Å². The monoisotopic (exact) mass is 203 g/mol. The summed E-state index contributed by atoms with van der Waals surface area (Å²) in [5, 5.41) is 9.01. The van der Waals surface area contributed by atoms with Crippen molar-refractivity contribution in [2.24, 2.45) is 5.18 Å². The molecule has 0 aliphatic carbocycles. The SMILES string of the molecule is N=C(N=O)c1cccnc1C(F)(F)F. The van der Waals surface area contributed by atoms with Crippen LogP contribution in [0.5, 0.6) is 0 Å². The van der Waals surface area contributed by atoms with Gasteiger partial charge in [-0.25, -0.2) is 0 Å². The number of rotatable bonds is 1. The van der Waals surface area contributed by atoms with Gasteiger partial charge in [-0.05, 0) is 17.3 Å². The van der Waals surface area contributed by atoms with Crippen LogP contribution in [0.15, 0.2) is 23.5 Å². The Labute approximate surface area is 76.3 Å². The number of aromatic nitrogens is 1. The maximum Gasteiger partial charge on any atom is 0.434 e. The molecule has 0 amide bonds. The second-order valence-corrected chi connectivity index (χ2v) is 2.34. The van der Waals surface area contributed by atoms with Gasteiger partial charge < -0.3 is 0 Å². The number of nitrogens with one attached hydrogen (secondary N) is 1. The number of hydrogen-bond acceptors (Lipinski definition) is 3. The number of nitroso groups, excluding NO2 is 1. The molecule has 1 N–H and O–H groups in total. The normalized spacial score (nSPS) is 11.1. The van der Waals surface area contributed by atoms with E-state index in [0.29, 0.717) is 0 Å². The third-order valence-corrected chi connectivity index (χ3v) is 1.42. The number of amidine groups is 1. The first-order valence-electron chi connectivity index (χ1n) is 3.41. The van der Waals surface area contributed by atoms with Crippen molar-refractivity contribution in [3.05, 3.63) is 34.5 Å². The Kier molecular flexibility index (Phi) is 2.59. The molecule has 0 spiro atoms. The van der Waals surface area contributed by atoms with E-state index in [0.717, 1.165) is 12.3 Å². The van der Waals surface area contributed by atoms with Gasteiger partial charge in [0.05, 0.1) is 5.56 Å². The topological polar surface area (TPSA) is 66.2 Å². The summed E-state index contributed by atoms with van der Waals surface area (Å²) in [7, 11) is 0. The molecule has 1 heterocycles. The van der Waals surface area contributed by atoms with Gasteiger partial charge in [0.1, 0.15) is 0 Å².